The van der Waals surface area contributed by atoms with Crippen LogP contribution in [0.4, 0.5) is 5.69 Å². The number of ether oxygens (including phenoxy) is 4. The summed E-state index contributed by atoms with van der Waals surface area (Å²) in [6.45, 7) is 4.79. The second-order valence-electron chi connectivity index (χ2n) is 13.7. The standard InChI is InChI=1S/C32H44N2O8/c1-6-34-16-29(42-28(36)18-9-7-8-10-21(18)33-17(2)35)12-11-25(40-4)31-23(29)14-20(26(31)34)30(37)15-22(39-3)19-13-24(31)32(30,38)27(19)41-5/h7-10,19-20,22-27,37-38H,6,11-16H2,1-5H3,(H,33,35)/t19-,20+,22+,23-,24-,25+,26+,27+,29-,30+,31+,32+/m1/s1. The van der Waals surface area contributed by atoms with Crippen LogP contribution in [0.1, 0.15) is 56.3 Å². The van der Waals surface area contributed by atoms with Gasteiger partial charge in [-0.15, -0.1) is 0 Å². The van der Waals surface area contributed by atoms with Crippen molar-refractivity contribution in [1.82, 2.24) is 4.90 Å². The molecule has 10 heteroatoms. The molecule has 0 radical (unpaired) electrons. The smallest absolute Gasteiger partial charge is 0.340 e. The second-order valence-corrected chi connectivity index (χ2v) is 13.7. The van der Waals surface area contributed by atoms with Crippen LogP contribution in [-0.4, -0.2) is 103 Å². The molecule has 12 atom stereocenters. The van der Waals surface area contributed by atoms with E-state index in [1.807, 2.05) is 0 Å². The van der Waals surface area contributed by atoms with E-state index in [1.54, 1.807) is 45.6 Å². The molecule has 3 N–H and O–H groups in total. The number of hydrogen-bond donors (Lipinski definition) is 3. The average Bonchev–Trinajstić information content (AvgIpc) is 3.39. The molecule has 10 nitrogen and oxygen atoms in total. The zero-order valence-corrected chi connectivity index (χ0v) is 25.2. The number of esters is 1. The van der Waals surface area contributed by atoms with Crippen LogP contribution >= 0.6 is 0 Å². The van der Waals surface area contributed by atoms with Gasteiger partial charge in [-0.2, -0.15) is 0 Å². The number of amides is 1. The minimum absolute atomic E-state index is 0.0432. The van der Waals surface area contributed by atoms with Gasteiger partial charge in [-0.1, -0.05) is 19.1 Å². The highest BCUT2D eigenvalue weighted by molar-refractivity contribution is 6.00. The van der Waals surface area contributed by atoms with Crippen molar-refractivity contribution in [3.63, 3.8) is 0 Å². The lowest BCUT2D eigenvalue weighted by Gasteiger charge is -2.70. The topological polar surface area (TPSA) is 127 Å². The van der Waals surface area contributed by atoms with Gasteiger partial charge in [0.1, 0.15) is 16.8 Å². The number of carbonyl (C=O) groups excluding carboxylic acids is 2. The number of fused-ring (bicyclic) bond motifs is 2. The lowest BCUT2D eigenvalue weighted by molar-refractivity contribution is -0.337. The highest BCUT2D eigenvalue weighted by Gasteiger charge is 2.89. The van der Waals surface area contributed by atoms with Crippen molar-refractivity contribution in [2.24, 2.45) is 29.1 Å². The predicted molar refractivity (Wildman–Crippen MR) is 152 cm³/mol. The number of hydrogen-bond acceptors (Lipinski definition) is 9. The summed E-state index contributed by atoms with van der Waals surface area (Å²) in [6.07, 6.45) is 1.91. The molecule has 1 aromatic rings. The predicted octanol–water partition coefficient (Wildman–Crippen LogP) is 2.22. The molecule has 7 bridgehead atoms. The molecule has 1 aliphatic heterocycles. The Labute approximate surface area is 247 Å². The first-order valence-corrected chi connectivity index (χ1v) is 15.4. The van der Waals surface area contributed by atoms with Gasteiger partial charge in [0.15, 0.2) is 0 Å². The largest absolute Gasteiger partial charge is 0.454 e. The van der Waals surface area contributed by atoms with Crippen LogP contribution in [0, 0.1) is 29.1 Å². The van der Waals surface area contributed by atoms with Gasteiger partial charge in [-0.25, -0.2) is 4.79 Å². The third-order valence-electron chi connectivity index (χ3n) is 12.6. The SMILES string of the molecule is CCN1C[C@]2(OC(=O)c3ccccc3NC(C)=O)CC[C@H](OC)[C@]34[C@@H]1[C@H](C[C@H]23)[C@@]1(O)C[C@H](OC)[C@H]2C[C@H]4[C@]1(O)[C@H]2OC. The molecule has 230 valence electrons. The summed E-state index contributed by atoms with van der Waals surface area (Å²) in [5.41, 5.74) is -3.57. The molecule has 5 aliphatic carbocycles. The van der Waals surface area contributed by atoms with Crippen molar-refractivity contribution in [2.45, 2.75) is 87.1 Å². The zero-order valence-electron chi connectivity index (χ0n) is 25.2. The monoisotopic (exact) mass is 584 g/mol. The Morgan fingerprint density at radius 2 is 1.83 bits per heavy atom. The van der Waals surface area contributed by atoms with Crippen molar-refractivity contribution in [3.8, 4) is 0 Å². The van der Waals surface area contributed by atoms with Crippen molar-refractivity contribution < 1.29 is 38.7 Å². The Morgan fingerprint density at radius 1 is 1.07 bits per heavy atom. The minimum Gasteiger partial charge on any atom is -0.454 e. The summed E-state index contributed by atoms with van der Waals surface area (Å²) < 4.78 is 25.1. The maximum Gasteiger partial charge on any atom is 0.340 e. The summed E-state index contributed by atoms with van der Waals surface area (Å²) in [7, 11) is 5.05. The minimum atomic E-state index is -1.48. The maximum atomic E-state index is 14.0. The number of anilines is 1. The third kappa shape index (κ3) is 3.21. The van der Waals surface area contributed by atoms with Gasteiger partial charge in [-0.3, -0.25) is 9.69 Å². The molecule has 6 fully saturated rings. The Balaban J connectivity index is 1.38. The number of nitrogens with zero attached hydrogens (tertiary/aromatic N) is 1. The number of methoxy groups -OCH3 is 3. The fourth-order valence-corrected chi connectivity index (χ4v) is 11.6. The van der Waals surface area contributed by atoms with Crippen molar-refractivity contribution in [3.05, 3.63) is 29.8 Å². The van der Waals surface area contributed by atoms with E-state index in [4.69, 9.17) is 18.9 Å². The van der Waals surface area contributed by atoms with E-state index < -0.39 is 34.3 Å². The molecular weight excluding hydrogens is 540 g/mol. The summed E-state index contributed by atoms with van der Waals surface area (Å²) >= 11 is 0. The summed E-state index contributed by atoms with van der Waals surface area (Å²) in [4.78, 5) is 28.3. The summed E-state index contributed by atoms with van der Waals surface area (Å²) in [5.74, 6) is -1.54. The van der Waals surface area contributed by atoms with Gasteiger partial charge < -0.3 is 34.5 Å². The molecule has 42 heavy (non-hydrogen) atoms. The van der Waals surface area contributed by atoms with Gasteiger partial charge in [0.25, 0.3) is 0 Å². The second kappa shape index (κ2) is 9.46. The van der Waals surface area contributed by atoms with Crippen LogP contribution in [0.15, 0.2) is 24.3 Å². The number of para-hydroxylation sites is 1. The van der Waals surface area contributed by atoms with Gasteiger partial charge in [0.05, 0.1) is 29.6 Å². The highest BCUT2D eigenvalue weighted by Crippen LogP contribution is 2.79. The van der Waals surface area contributed by atoms with Crippen LogP contribution in [0.5, 0.6) is 0 Å². The van der Waals surface area contributed by atoms with Crippen molar-refractivity contribution in [1.29, 1.82) is 0 Å². The Hall–Kier alpha value is -2.08. The van der Waals surface area contributed by atoms with E-state index in [0.717, 1.165) is 0 Å². The summed E-state index contributed by atoms with van der Waals surface area (Å²) in [5, 5.41) is 28.4. The van der Waals surface area contributed by atoms with Crippen LogP contribution in [0.2, 0.25) is 0 Å². The quantitative estimate of drug-likeness (QED) is 0.414. The van der Waals surface area contributed by atoms with E-state index in [9.17, 15) is 19.8 Å². The van der Waals surface area contributed by atoms with Crippen LogP contribution in [0.3, 0.4) is 0 Å². The lowest BCUT2D eigenvalue weighted by Crippen LogP contribution is -2.83. The fraction of sp³-hybridized carbons (Fsp3) is 0.750. The van der Waals surface area contributed by atoms with Gasteiger partial charge >= 0.3 is 5.97 Å². The first-order chi connectivity index (χ1) is 20.1. The molecule has 0 aromatic heterocycles. The molecule has 7 rings (SSSR count). The molecule has 1 saturated heterocycles. The van der Waals surface area contributed by atoms with Gasteiger partial charge in [0.2, 0.25) is 5.91 Å². The van der Waals surface area contributed by atoms with Crippen molar-refractivity contribution in [2.75, 3.05) is 39.7 Å². The Bertz CT molecular complexity index is 1290. The first-order valence-electron chi connectivity index (χ1n) is 15.4. The first kappa shape index (κ1) is 28.7. The van der Waals surface area contributed by atoms with Crippen LogP contribution in [-0.2, 0) is 23.7 Å². The molecule has 0 unspecified atom stereocenters. The van der Waals surface area contributed by atoms with E-state index in [1.165, 1.54) is 6.92 Å². The number of likely N-dealkylation sites (N-methyl/N-ethyl adjacent to an activating group) is 1. The molecular formula is C32H44N2O8. The zero-order chi connectivity index (χ0) is 29.8. The fourth-order valence-electron chi connectivity index (χ4n) is 11.6. The van der Waals surface area contributed by atoms with E-state index in [2.05, 4.69) is 17.1 Å². The number of carbonyl (C=O) groups is 2. The molecule has 6 aliphatic rings. The number of piperidine rings is 1. The highest BCUT2D eigenvalue weighted by atomic mass is 16.6. The number of benzene rings is 1. The van der Waals surface area contributed by atoms with Crippen molar-refractivity contribution >= 4 is 17.6 Å². The molecule has 1 amide bonds. The third-order valence-corrected chi connectivity index (χ3v) is 12.6. The summed E-state index contributed by atoms with van der Waals surface area (Å²) in [6, 6.07) is 6.89. The average molecular weight is 585 g/mol. The van der Waals surface area contributed by atoms with E-state index >= 15 is 0 Å². The normalized spacial score (nSPS) is 48.2. The number of aliphatic hydroxyl groups is 2. The van der Waals surface area contributed by atoms with Gasteiger partial charge in [0, 0.05) is 76.3 Å². The number of nitrogens with one attached hydrogen (secondary N) is 1. The van der Waals surface area contributed by atoms with E-state index in [-0.39, 0.29) is 47.8 Å². The Kier molecular flexibility index (Phi) is 6.46. The Morgan fingerprint density at radius 3 is 2.50 bits per heavy atom. The molecule has 1 aromatic carbocycles. The number of likely N-dealkylation sites (tertiary alicyclic amines) is 1. The van der Waals surface area contributed by atoms with Crippen LogP contribution in [0.25, 0.3) is 0 Å². The molecule has 1 heterocycles. The molecule has 1 spiro atoms. The van der Waals surface area contributed by atoms with E-state index in [0.29, 0.717) is 56.4 Å². The molecule has 5 saturated carbocycles. The maximum absolute atomic E-state index is 14.0. The van der Waals surface area contributed by atoms with Crippen LogP contribution < -0.4 is 5.32 Å². The van der Waals surface area contributed by atoms with Gasteiger partial charge in [-0.05, 0) is 44.4 Å². The number of rotatable bonds is 7. The lowest BCUT2D eigenvalue weighted by atomic mass is 9.44.